The van der Waals surface area contributed by atoms with Gasteiger partial charge in [-0.25, -0.2) is 4.39 Å². The van der Waals surface area contributed by atoms with Crippen LogP contribution >= 0.6 is 0 Å². The van der Waals surface area contributed by atoms with Gasteiger partial charge < -0.3 is 14.0 Å². The summed E-state index contributed by atoms with van der Waals surface area (Å²) in [4.78, 5) is 0. The number of fused-ring (bicyclic) bond motifs is 1. The van der Waals surface area contributed by atoms with Crippen LogP contribution in [0.15, 0.2) is 49.2 Å². The molecule has 0 N–H and O–H groups in total. The Balaban J connectivity index is 2.23. The highest BCUT2D eigenvalue weighted by Crippen LogP contribution is 2.31. The summed E-state index contributed by atoms with van der Waals surface area (Å²) in [5.74, 6) is 0.596. The van der Waals surface area contributed by atoms with Gasteiger partial charge in [-0.15, -0.1) is 0 Å². The Morgan fingerprint density at radius 3 is 2.45 bits per heavy atom. The predicted octanol–water partition coefficient (Wildman–Crippen LogP) is 4.43. The molecule has 0 aliphatic rings. The molecule has 3 nitrogen and oxygen atoms in total. The summed E-state index contributed by atoms with van der Waals surface area (Å²) in [5.41, 5.74) is 2.59. The van der Waals surface area contributed by atoms with Gasteiger partial charge in [0.05, 0.1) is 19.7 Å². The van der Waals surface area contributed by atoms with E-state index in [1.54, 1.807) is 19.3 Å². The van der Waals surface area contributed by atoms with Crippen LogP contribution in [-0.4, -0.2) is 18.8 Å². The first-order valence-electron chi connectivity index (χ1n) is 6.83. The molecule has 0 aliphatic heterocycles. The molecular weight excluding hydrogens is 281 g/mol. The third-order valence-corrected chi connectivity index (χ3v) is 3.66. The molecular formula is C18H16FNO2. The zero-order chi connectivity index (χ0) is 15.7. The van der Waals surface area contributed by atoms with Crippen LogP contribution in [0.2, 0.25) is 0 Å². The number of halogens is 1. The van der Waals surface area contributed by atoms with Gasteiger partial charge >= 0.3 is 0 Å². The highest BCUT2D eigenvalue weighted by atomic mass is 19.1. The largest absolute Gasteiger partial charge is 0.496 e. The van der Waals surface area contributed by atoms with Crippen LogP contribution in [0, 0.1) is 5.82 Å². The maximum Gasteiger partial charge on any atom is 0.167 e. The van der Waals surface area contributed by atoms with Crippen molar-refractivity contribution in [1.82, 2.24) is 4.57 Å². The van der Waals surface area contributed by atoms with Crippen molar-refractivity contribution < 1.29 is 13.9 Å². The lowest BCUT2D eigenvalue weighted by atomic mass is 10.1. The number of rotatable bonds is 4. The first kappa shape index (κ1) is 14.2. The van der Waals surface area contributed by atoms with Crippen molar-refractivity contribution in [2.75, 3.05) is 14.2 Å². The minimum Gasteiger partial charge on any atom is -0.496 e. The molecule has 0 radical (unpaired) electrons. The molecule has 1 aromatic heterocycles. The zero-order valence-electron chi connectivity index (χ0n) is 12.5. The summed E-state index contributed by atoms with van der Waals surface area (Å²) in [6, 6.07) is 10.7. The molecule has 4 heteroatoms. The van der Waals surface area contributed by atoms with E-state index >= 15 is 0 Å². The van der Waals surface area contributed by atoms with Crippen LogP contribution < -0.4 is 9.47 Å². The lowest BCUT2D eigenvalue weighted by Crippen LogP contribution is -1.95. The monoisotopic (exact) mass is 297 g/mol. The average Bonchev–Trinajstić information content (AvgIpc) is 2.97. The van der Waals surface area contributed by atoms with Crippen LogP contribution in [0.25, 0.3) is 22.7 Å². The maximum absolute atomic E-state index is 14.0. The second-order valence-corrected chi connectivity index (χ2v) is 4.86. The molecule has 1 heterocycles. The minimum absolute atomic E-state index is 0.226. The smallest absolute Gasteiger partial charge is 0.167 e. The van der Waals surface area contributed by atoms with Gasteiger partial charge in [0.1, 0.15) is 5.75 Å². The quantitative estimate of drug-likeness (QED) is 0.711. The van der Waals surface area contributed by atoms with Gasteiger partial charge in [-0.1, -0.05) is 12.7 Å². The van der Waals surface area contributed by atoms with Crippen LogP contribution in [0.3, 0.4) is 0 Å². The van der Waals surface area contributed by atoms with Crippen molar-refractivity contribution in [2.24, 2.45) is 0 Å². The zero-order valence-corrected chi connectivity index (χ0v) is 12.5. The maximum atomic E-state index is 14.0. The molecule has 0 unspecified atom stereocenters. The number of benzene rings is 2. The molecule has 0 amide bonds. The van der Waals surface area contributed by atoms with Crippen LogP contribution in [-0.2, 0) is 0 Å². The Kier molecular flexibility index (Phi) is 3.59. The van der Waals surface area contributed by atoms with Crippen molar-refractivity contribution in [3.05, 3.63) is 60.6 Å². The third-order valence-electron chi connectivity index (χ3n) is 3.66. The minimum atomic E-state index is -0.395. The van der Waals surface area contributed by atoms with Gasteiger partial charge in [-0.2, -0.15) is 0 Å². The molecule has 3 aromatic rings. The van der Waals surface area contributed by atoms with E-state index < -0.39 is 5.82 Å². The van der Waals surface area contributed by atoms with Crippen LogP contribution in [0.5, 0.6) is 11.5 Å². The van der Waals surface area contributed by atoms with Gasteiger partial charge in [0.25, 0.3) is 0 Å². The van der Waals surface area contributed by atoms with Gasteiger partial charge in [-0.05, 0) is 35.9 Å². The number of hydrogen-bond acceptors (Lipinski definition) is 2. The normalized spacial score (nSPS) is 10.7. The Hall–Kier alpha value is -2.75. The number of aromatic nitrogens is 1. The number of nitrogens with zero attached hydrogens (tertiary/aromatic N) is 1. The topological polar surface area (TPSA) is 23.4 Å². The van der Waals surface area contributed by atoms with Gasteiger partial charge in [0, 0.05) is 23.3 Å². The van der Waals surface area contributed by atoms with E-state index in [1.165, 1.54) is 13.2 Å². The molecule has 0 aliphatic carbocycles. The van der Waals surface area contributed by atoms with E-state index in [-0.39, 0.29) is 5.75 Å². The fourth-order valence-electron chi connectivity index (χ4n) is 2.55. The molecule has 0 atom stereocenters. The van der Waals surface area contributed by atoms with Crippen molar-refractivity contribution in [2.45, 2.75) is 0 Å². The summed E-state index contributed by atoms with van der Waals surface area (Å²) in [7, 11) is 3.08. The Morgan fingerprint density at radius 2 is 1.82 bits per heavy atom. The summed E-state index contributed by atoms with van der Waals surface area (Å²) in [6.45, 7) is 3.80. The third kappa shape index (κ3) is 2.22. The molecule has 0 saturated carbocycles. The molecule has 0 fully saturated rings. The van der Waals surface area contributed by atoms with E-state index in [0.717, 1.165) is 27.9 Å². The van der Waals surface area contributed by atoms with Crippen LogP contribution in [0.1, 0.15) is 5.56 Å². The molecule has 22 heavy (non-hydrogen) atoms. The van der Waals surface area contributed by atoms with Crippen LogP contribution in [0.4, 0.5) is 4.39 Å². The fourth-order valence-corrected chi connectivity index (χ4v) is 2.55. The summed E-state index contributed by atoms with van der Waals surface area (Å²) in [5, 5.41) is 0.962. The number of ether oxygens (including phenoxy) is 2. The molecule has 0 bridgehead atoms. The molecule has 112 valence electrons. The van der Waals surface area contributed by atoms with E-state index in [4.69, 9.17) is 9.47 Å². The van der Waals surface area contributed by atoms with E-state index in [2.05, 4.69) is 6.58 Å². The lowest BCUT2D eigenvalue weighted by molar-refractivity contribution is 0.386. The summed E-state index contributed by atoms with van der Waals surface area (Å²) in [6.07, 6.45) is 3.65. The highest BCUT2D eigenvalue weighted by molar-refractivity contribution is 5.90. The summed E-state index contributed by atoms with van der Waals surface area (Å²) >= 11 is 0. The number of methoxy groups -OCH3 is 2. The second kappa shape index (κ2) is 5.56. The lowest BCUT2D eigenvalue weighted by Gasteiger charge is -2.10. The van der Waals surface area contributed by atoms with E-state index in [9.17, 15) is 4.39 Å². The van der Waals surface area contributed by atoms with Gasteiger partial charge in [0.15, 0.2) is 11.6 Å². The van der Waals surface area contributed by atoms with E-state index in [1.807, 2.05) is 35.0 Å². The highest BCUT2D eigenvalue weighted by Gasteiger charge is 2.11. The Labute approximate surface area is 128 Å². The summed E-state index contributed by atoms with van der Waals surface area (Å²) < 4.78 is 26.2. The number of hydrogen-bond donors (Lipinski definition) is 0. The average molecular weight is 297 g/mol. The Bertz CT molecular complexity index is 852. The van der Waals surface area contributed by atoms with Crippen molar-refractivity contribution >= 4 is 17.0 Å². The van der Waals surface area contributed by atoms with Gasteiger partial charge in [-0.3, -0.25) is 0 Å². The molecule has 0 saturated heterocycles. The fraction of sp³-hybridized carbons (Fsp3) is 0.111. The molecule has 3 rings (SSSR count). The van der Waals surface area contributed by atoms with Crippen molar-refractivity contribution in [3.8, 4) is 17.2 Å². The standard InChI is InChI=1S/C18H16FNO2/c1-4-12-9-16-14(18(10-12)22-3)7-8-20(16)13-5-6-17(21-2)15(19)11-13/h4-11H,1H2,2-3H3. The predicted molar refractivity (Wildman–Crippen MR) is 86.4 cm³/mol. The Morgan fingerprint density at radius 1 is 1.05 bits per heavy atom. The van der Waals surface area contributed by atoms with Crippen molar-refractivity contribution in [3.63, 3.8) is 0 Å². The van der Waals surface area contributed by atoms with Crippen molar-refractivity contribution in [1.29, 1.82) is 0 Å². The first-order chi connectivity index (χ1) is 10.7. The SMILES string of the molecule is C=Cc1cc(OC)c2ccn(-c3ccc(OC)c(F)c3)c2c1. The molecule has 2 aromatic carbocycles. The second-order valence-electron chi connectivity index (χ2n) is 4.86. The molecule has 0 spiro atoms. The van der Waals surface area contributed by atoms with E-state index in [0.29, 0.717) is 0 Å². The van der Waals surface area contributed by atoms with Gasteiger partial charge in [0.2, 0.25) is 0 Å². The first-order valence-corrected chi connectivity index (χ1v) is 6.83.